The molecule has 2 spiro atoms. The Morgan fingerprint density at radius 1 is 0.897 bits per heavy atom. The molecule has 7 atom stereocenters. The van der Waals surface area contributed by atoms with E-state index in [0.29, 0.717) is 23.0 Å². The first-order chi connectivity index (χ1) is 13.9. The lowest BCUT2D eigenvalue weighted by atomic mass is 9.48. The van der Waals surface area contributed by atoms with Gasteiger partial charge in [0, 0.05) is 23.7 Å². The fraction of sp³-hybridized carbons (Fsp3) is 0.885. The van der Waals surface area contributed by atoms with E-state index < -0.39 is 0 Å². The molecule has 5 saturated carbocycles. The minimum atomic E-state index is -0.319. The molecule has 0 aromatic heterocycles. The van der Waals surface area contributed by atoms with Crippen LogP contribution in [0.4, 0.5) is 0 Å². The first kappa shape index (κ1) is 18.0. The summed E-state index contributed by atoms with van der Waals surface area (Å²) in [5.74, 6) is 4.00. The van der Waals surface area contributed by atoms with E-state index in [9.17, 15) is 4.79 Å². The highest BCUT2D eigenvalue weighted by Crippen LogP contribution is 2.79. The molecule has 0 radical (unpaired) electrons. The zero-order valence-corrected chi connectivity index (χ0v) is 18.2. The summed E-state index contributed by atoms with van der Waals surface area (Å²) in [6.07, 6.45) is 14.6. The van der Waals surface area contributed by atoms with Crippen LogP contribution in [-0.4, -0.2) is 24.8 Å². The predicted octanol–water partition coefficient (Wildman–Crippen LogP) is 5.29. The molecule has 0 bridgehead atoms. The molecule has 0 aromatic rings. The highest BCUT2D eigenvalue weighted by Gasteiger charge is 2.78. The van der Waals surface area contributed by atoms with Crippen molar-refractivity contribution in [3.05, 3.63) is 11.6 Å². The normalized spacial score (nSPS) is 56.7. The zero-order valence-electron chi connectivity index (χ0n) is 18.2. The molecule has 1 saturated heterocycles. The van der Waals surface area contributed by atoms with Gasteiger partial charge in [-0.3, -0.25) is 4.79 Å². The van der Waals surface area contributed by atoms with Gasteiger partial charge in [0.1, 0.15) is 5.78 Å². The Kier molecular flexibility index (Phi) is 3.33. The number of ether oxygens (including phenoxy) is 2. The van der Waals surface area contributed by atoms with Crippen molar-refractivity contribution in [1.29, 1.82) is 0 Å². The molecule has 29 heavy (non-hydrogen) atoms. The molecular formula is C26H36O3. The molecule has 6 fully saturated rings. The van der Waals surface area contributed by atoms with Gasteiger partial charge in [0.25, 0.3) is 0 Å². The highest BCUT2D eigenvalue weighted by atomic mass is 16.7. The van der Waals surface area contributed by atoms with Crippen LogP contribution in [0.2, 0.25) is 0 Å². The summed E-state index contributed by atoms with van der Waals surface area (Å²) in [5, 5.41) is 0. The van der Waals surface area contributed by atoms with Crippen LogP contribution < -0.4 is 0 Å². The molecule has 0 amide bonds. The lowest BCUT2D eigenvalue weighted by Crippen LogP contribution is -2.52. The molecule has 6 aliphatic carbocycles. The first-order valence-corrected chi connectivity index (χ1v) is 12.5. The van der Waals surface area contributed by atoms with Crippen molar-refractivity contribution in [1.82, 2.24) is 0 Å². The van der Waals surface area contributed by atoms with Crippen LogP contribution in [0.15, 0.2) is 11.6 Å². The predicted molar refractivity (Wildman–Crippen MR) is 110 cm³/mol. The third-order valence-corrected chi connectivity index (χ3v) is 11.5. The number of hydrogen-bond donors (Lipinski definition) is 0. The Morgan fingerprint density at radius 2 is 1.66 bits per heavy atom. The molecule has 3 nitrogen and oxygen atoms in total. The third-order valence-electron chi connectivity index (χ3n) is 11.5. The van der Waals surface area contributed by atoms with Gasteiger partial charge >= 0.3 is 0 Å². The number of hydrogen-bond acceptors (Lipinski definition) is 3. The van der Waals surface area contributed by atoms with Crippen molar-refractivity contribution in [2.45, 2.75) is 83.8 Å². The second-order valence-electron chi connectivity index (χ2n) is 12.2. The standard InChI is InChI=1S/C26H36O3/c1-23-10-11-25(28-12-13-29-25)14-16(23)6-7-17-18(23)8-9-24(2)21(17)15-26(22(24)27)19-4-3-5-20(19)26/h6,17-21H,3-5,7-15H2,1-2H3/t17?,18?,19?,20?,21?,23-,24-,26?/m0/s1. The smallest absolute Gasteiger partial charge is 0.172 e. The maximum absolute atomic E-state index is 13.8. The van der Waals surface area contributed by atoms with Crippen LogP contribution in [-0.2, 0) is 14.3 Å². The minimum absolute atomic E-state index is 0.0270. The summed E-state index contributed by atoms with van der Waals surface area (Å²) >= 11 is 0. The number of Topliss-reactive ketones (excluding diaryl/α,β-unsaturated/α-hetero) is 1. The number of ketones is 1. The second-order valence-corrected chi connectivity index (χ2v) is 12.2. The monoisotopic (exact) mass is 396 g/mol. The average Bonchev–Trinajstić information content (AvgIpc) is 3.16. The summed E-state index contributed by atoms with van der Waals surface area (Å²) in [7, 11) is 0. The Balaban J connectivity index is 1.22. The number of rotatable bonds is 0. The Morgan fingerprint density at radius 3 is 2.41 bits per heavy atom. The lowest BCUT2D eigenvalue weighted by molar-refractivity contribution is -0.185. The molecule has 1 heterocycles. The summed E-state index contributed by atoms with van der Waals surface area (Å²) in [5.41, 5.74) is 2.00. The van der Waals surface area contributed by atoms with Crippen LogP contribution in [0.3, 0.4) is 0 Å². The van der Waals surface area contributed by atoms with Crippen molar-refractivity contribution < 1.29 is 14.3 Å². The van der Waals surface area contributed by atoms with Crippen LogP contribution >= 0.6 is 0 Å². The van der Waals surface area contributed by atoms with Gasteiger partial charge in [-0.05, 0) is 80.0 Å². The second kappa shape index (κ2) is 5.38. The van der Waals surface area contributed by atoms with Crippen LogP contribution in [0.1, 0.15) is 78.1 Å². The minimum Gasteiger partial charge on any atom is -0.347 e. The van der Waals surface area contributed by atoms with E-state index >= 15 is 0 Å². The Bertz CT molecular complexity index is 797. The van der Waals surface area contributed by atoms with Gasteiger partial charge in [-0.2, -0.15) is 0 Å². The van der Waals surface area contributed by atoms with Crippen LogP contribution in [0, 0.1) is 45.8 Å². The maximum Gasteiger partial charge on any atom is 0.172 e. The molecule has 0 N–H and O–H groups in total. The molecule has 5 unspecified atom stereocenters. The third kappa shape index (κ3) is 1.97. The van der Waals surface area contributed by atoms with Crippen molar-refractivity contribution in [3.8, 4) is 0 Å². The van der Waals surface area contributed by atoms with Gasteiger partial charge < -0.3 is 9.47 Å². The molecular weight excluding hydrogens is 360 g/mol. The largest absolute Gasteiger partial charge is 0.347 e. The van der Waals surface area contributed by atoms with E-state index in [2.05, 4.69) is 19.9 Å². The maximum atomic E-state index is 13.8. The van der Waals surface area contributed by atoms with E-state index in [-0.39, 0.29) is 16.6 Å². The van der Waals surface area contributed by atoms with Crippen LogP contribution in [0.5, 0.6) is 0 Å². The highest BCUT2D eigenvalue weighted by molar-refractivity contribution is 5.96. The van der Waals surface area contributed by atoms with E-state index in [0.717, 1.165) is 50.2 Å². The summed E-state index contributed by atoms with van der Waals surface area (Å²) in [6.45, 7) is 6.42. The quantitative estimate of drug-likeness (QED) is 0.522. The fourth-order valence-electron chi connectivity index (χ4n) is 10.0. The van der Waals surface area contributed by atoms with Crippen molar-refractivity contribution in [2.75, 3.05) is 13.2 Å². The summed E-state index contributed by atoms with van der Waals surface area (Å²) < 4.78 is 12.2. The van der Waals surface area contributed by atoms with Gasteiger partial charge in [0.2, 0.25) is 0 Å². The molecule has 7 rings (SSSR count). The van der Waals surface area contributed by atoms with Gasteiger partial charge in [0.05, 0.1) is 13.2 Å². The van der Waals surface area contributed by atoms with Crippen LogP contribution in [0.25, 0.3) is 0 Å². The zero-order chi connectivity index (χ0) is 19.6. The Labute approximate surface area is 175 Å². The number of carbonyl (C=O) groups excluding carboxylic acids is 1. The van der Waals surface area contributed by atoms with Gasteiger partial charge in [-0.15, -0.1) is 0 Å². The Hall–Kier alpha value is -0.670. The molecule has 158 valence electrons. The SMILES string of the molecule is C[C@]12CCC3(CC1=CCC1C2CC[C@]2(C)C(=O)C4(CC12)C1CCCC14)OCCO3. The van der Waals surface area contributed by atoms with Gasteiger partial charge in [0.15, 0.2) is 5.79 Å². The first-order valence-electron chi connectivity index (χ1n) is 12.5. The topological polar surface area (TPSA) is 35.5 Å². The summed E-state index contributed by atoms with van der Waals surface area (Å²) in [6, 6.07) is 0. The number of allylic oxidation sites excluding steroid dienone is 1. The van der Waals surface area contributed by atoms with E-state index in [1.165, 1.54) is 44.9 Å². The molecule has 1 aliphatic heterocycles. The van der Waals surface area contributed by atoms with E-state index in [1.54, 1.807) is 5.57 Å². The average molecular weight is 397 g/mol. The lowest BCUT2D eigenvalue weighted by Gasteiger charge is -2.57. The van der Waals surface area contributed by atoms with Crippen molar-refractivity contribution in [3.63, 3.8) is 0 Å². The summed E-state index contributed by atoms with van der Waals surface area (Å²) in [4.78, 5) is 13.8. The van der Waals surface area contributed by atoms with Gasteiger partial charge in [-0.25, -0.2) is 0 Å². The molecule has 3 heteroatoms. The molecule has 0 aromatic carbocycles. The molecule has 7 aliphatic rings. The van der Waals surface area contributed by atoms with Crippen molar-refractivity contribution >= 4 is 5.78 Å². The fourth-order valence-corrected chi connectivity index (χ4v) is 10.0. The van der Waals surface area contributed by atoms with E-state index in [4.69, 9.17) is 9.47 Å². The number of carbonyl (C=O) groups is 1. The number of fused-ring (bicyclic) bond motifs is 8. The van der Waals surface area contributed by atoms with Crippen molar-refractivity contribution in [2.24, 2.45) is 45.8 Å². The van der Waals surface area contributed by atoms with Gasteiger partial charge in [-0.1, -0.05) is 31.9 Å². The van der Waals surface area contributed by atoms with E-state index in [1.807, 2.05) is 0 Å².